The first-order chi connectivity index (χ1) is 19.5. The van der Waals surface area contributed by atoms with Crippen molar-refractivity contribution >= 4 is 35.8 Å². The van der Waals surface area contributed by atoms with Gasteiger partial charge in [-0.15, -0.1) is 0 Å². The van der Waals surface area contributed by atoms with Gasteiger partial charge in [0.15, 0.2) is 0 Å². The number of nitrogens with zero attached hydrogens (tertiary/aromatic N) is 3. The van der Waals surface area contributed by atoms with Gasteiger partial charge in [0.1, 0.15) is 17.9 Å². The van der Waals surface area contributed by atoms with Crippen molar-refractivity contribution in [2.24, 2.45) is 5.92 Å². The normalized spacial score (nSPS) is 22.2. The predicted octanol–water partition coefficient (Wildman–Crippen LogP) is 2.58. The third kappa shape index (κ3) is 7.44. The van der Waals surface area contributed by atoms with Gasteiger partial charge in [-0.3, -0.25) is 24.2 Å². The average molecular weight is 570 g/mol. The smallest absolute Gasteiger partial charge is 0.407 e. The first-order valence-corrected chi connectivity index (χ1v) is 14.6. The van der Waals surface area contributed by atoms with E-state index in [9.17, 15) is 24.0 Å². The summed E-state index contributed by atoms with van der Waals surface area (Å²) < 4.78 is 5.39. The van der Waals surface area contributed by atoms with Crippen LogP contribution in [0.15, 0.2) is 18.2 Å². The van der Waals surface area contributed by atoms with Crippen molar-refractivity contribution < 1.29 is 28.7 Å². The summed E-state index contributed by atoms with van der Waals surface area (Å²) in [5.74, 6) is -0.871. The molecule has 2 aliphatic heterocycles. The van der Waals surface area contributed by atoms with Crippen LogP contribution in [0, 0.1) is 5.92 Å². The monoisotopic (exact) mass is 569 g/mol. The highest BCUT2D eigenvalue weighted by atomic mass is 16.6. The highest BCUT2D eigenvalue weighted by Gasteiger charge is 2.42. The third-order valence-corrected chi connectivity index (χ3v) is 8.14. The SMILES string of the molecule is CNC(=O)C(CCC=O)N1C(=O)c2ccc(N3CCN(CC4CCC(NC(=O)OC(C)(C)C)CC4)CC3)cc2C1=O. The second-order valence-corrected chi connectivity index (χ2v) is 12.2. The van der Waals surface area contributed by atoms with E-state index in [1.807, 2.05) is 26.8 Å². The molecule has 1 unspecified atom stereocenters. The van der Waals surface area contributed by atoms with Gasteiger partial charge in [-0.05, 0) is 77.0 Å². The number of imide groups is 1. The number of fused-ring (bicyclic) bond motifs is 1. The van der Waals surface area contributed by atoms with Crippen molar-refractivity contribution in [3.63, 3.8) is 0 Å². The number of carbonyl (C=O) groups is 5. The van der Waals surface area contributed by atoms with Crippen molar-refractivity contribution in [1.29, 1.82) is 0 Å². The molecule has 11 nitrogen and oxygen atoms in total. The van der Waals surface area contributed by atoms with Crippen LogP contribution < -0.4 is 15.5 Å². The minimum Gasteiger partial charge on any atom is -0.444 e. The van der Waals surface area contributed by atoms with E-state index in [0.29, 0.717) is 17.8 Å². The lowest BCUT2D eigenvalue weighted by Crippen LogP contribution is -2.49. The first kappa shape index (κ1) is 30.5. The highest BCUT2D eigenvalue weighted by molar-refractivity contribution is 6.23. The summed E-state index contributed by atoms with van der Waals surface area (Å²) in [6, 6.07) is 4.43. The molecule has 0 radical (unpaired) electrons. The number of alkyl carbamates (subject to hydrolysis) is 1. The van der Waals surface area contributed by atoms with E-state index >= 15 is 0 Å². The molecule has 1 aliphatic carbocycles. The predicted molar refractivity (Wildman–Crippen MR) is 154 cm³/mol. The Bertz CT molecular complexity index is 1150. The molecule has 4 amide bonds. The van der Waals surface area contributed by atoms with Gasteiger partial charge in [-0.1, -0.05) is 0 Å². The number of anilines is 1. The molecule has 224 valence electrons. The molecule has 1 saturated carbocycles. The molecular formula is C30H43N5O6. The van der Waals surface area contributed by atoms with Crippen LogP contribution in [-0.2, 0) is 14.3 Å². The fourth-order valence-corrected chi connectivity index (χ4v) is 6.01. The van der Waals surface area contributed by atoms with Crippen molar-refractivity contribution in [3.05, 3.63) is 29.3 Å². The van der Waals surface area contributed by atoms with Crippen LogP contribution in [0.25, 0.3) is 0 Å². The molecule has 1 aromatic rings. The van der Waals surface area contributed by atoms with Crippen LogP contribution in [-0.4, -0.2) is 97.4 Å². The molecule has 2 fully saturated rings. The summed E-state index contributed by atoms with van der Waals surface area (Å²) in [5, 5.41) is 5.51. The van der Waals surface area contributed by atoms with Gasteiger partial charge in [0.05, 0.1) is 11.1 Å². The number of likely N-dealkylation sites (N-methyl/N-ethyl adjacent to an activating group) is 1. The van der Waals surface area contributed by atoms with Crippen LogP contribution in [0.1, 0.15) is 80.0 Å². The summed E-state index contributed by atoms with van der Waals surface area (Å²) in [4.78, 5) is 67.5. The van der Waals surface area contributed by atoms with Gasteiger partial charge in [0, 0.05) is 57.9 Å². The van der Waals surface area contributed by atoms with Gasteiger partial charge in [-0.2, -0.15) is 0 Å². The molecule has 1 saturated heterocycles. The van der Waals surface area contributed by atoms with E-state index in [-0.39, 0.29) is 30.5 Å². The van der Waals surface area contributed by atoms with Crippen molar-refractivity contribution in [2.45, 2.75) is 77.0 Å². The van der Waals surface area contributed by atoms with Gasteiger partial charge in [-0.25, -0.2) is 4.79 Å². The van der Waals surface area contributed by atoms with E-state index in [4.69, 9.17) is 4.74 Å². The number of carbonyl (C=O) groups excluding carboxylic acids is 5. The Morgan fingerprint density at radius 2 is 1.68 bits per heavy atom. The lowest BCUT2D eigenvalue weighted by Gasteiger charge is -2.39. The Labute approximate surface area is 241 Å². The number of amides is 4. The largest absolute Gasteiger partial charge is 0.444 e. The zero-order valence-electron chi connectivity index (χ0n) is 24.6. The lowest BCUT2D eigenvalue weighted by atomic mass is 9.85. The number of nitrogens with one attached hydrogen (secondary N) is 2. The minimum atomic E-state index is -1.02. The third-order valence-electron chi connectivity index (χ3n) is 8.14. The van der Waals surface area contributed by atoms with Gasteiger partial charge >= 0.3 is 6.09 Å². The molecular weight excluding hydrogens is 526 g/mol. The second-order valence-electron chi connectivity index (χ2n) is 12.2. The zero-order valence-corrected chi connectivity index (χ0v) is 24.6. The Morgan fingerprint density at radius 3 is 2.29 bits per heavy atom. The number of aldehydes is 1. The van der Waals surface area contributed by atoms with E-state index in [1.165, 1.54) is 7.05 Å². The molecule has 11 heteroatoms. The molecule has 0 spiro atoms. The Hall–Kier alpha value is -3.47. The molecule has 1 atom stereocenters. The van der Waals surface area contributed by atoms with E-state index in [1.54, 1.807) is 12.1 Å². The number of rotatable bonds is 9. The quantitative estimate of drug-likeness (QED) is 0.343. The average Bonchev–Trinajstić information content (AvgIpc) is 3.18. The first-order valence-electron chi connectivity index (χ1n) is 14.6. The van der Waals surface area contributed by atoms with E-state index in [0.717, 1.165) is 69.0 Å². The van der Waals surface area contributed by atoms with Crippen LogP contribution in [0.3, 0.4) is 0 Å². The molecule has 0 bridgehead atoms. The topological polar surface area (TPSA) is 128 Å². The summed E-state index contributed by atoms with van der Waals surface area (Å²) >= 11 is 0. The number of hydrogen-bond acceptors (Lipinski definition) is 8. The molecule has 3 aliphatic rings. The maximum Gasteiger partial charge on any atom is 0.407 e. The van der Waals surface area contributed by atoms with Crippen LogP contribution in [0.4, 0.5) is 10.5 Å². The van der Waals surface area contributed by atoms with Gasteiger partial charge in [0.2, 0.25) is 5.91 Å². The summed E-state index contributed by atoms with van der Waals surface area (Å²) in [5.41, 5.74) is 0.967. The van der Waals surface area contributed by atoms with Crippen LogP contribution in [0.2, 0.25) is 0 Å². The summed E-state index contributed by atoms with van der Waals surface area (Å²) in [6.45, 7) is 10.0. The second kappa shape index (κ2) is 13.0. The Morgan fingerprint density at radius 1 is 1.02 bits per heavy atom. The molecule has 2 N–H and O–H groups in total. The molecule has 2 heterocycles. The summed E-state index contributed by atoms with van der Waals surface area (Å²) in [7, 11) is 1.45. The zero-order chi connectivity index (χ0) is 29.7. The van der Waals surface area contributed by atoms with Crippen molar-refractivity contribution in [3.8, 4) is 0 Å². The van der Waals surface area contributed by atoms with E-state index < -0.39 is 29.4 Å². The van der Waals surface area contributed by atoms with Crippen molar-refractivity contribution in [2.75, 3.05) is 44.7 Å². The number of benzene rings is 1. The lowest BCUT2D eigenvalue weighted by molar-refractivity contribution is -0.124. The fourth-order valence-electron chi connectivity index (χ4n) is 6.01. The van der Waals surface area contributed by atoms with Crippen molar-refractivity contribution in [1.82, 2.24) is 20.4 Å². The number of hydrogen-bond donors (Lipinski definition) is 2. The highest BCUT2D eigenvalue weighted by Crippen LogP contribution is 2.31. The fraction of sp³-hybridized carbons (Fsp3) is 0.633. The Balaban J connectivity index is 1.28. The number of ether oxygens (including phenoxy) is 1. The molecule has 0 aromatic heterocycles. The van der Waals surface area contributed by atoms with E-state index in [2.05, 4.69) is 20.4 Å². The number of piperazine rings is 1. The Kier molecular flexibility index (Phi) is 9.68. The molecule has 1 aromatic carbocycles. The van der Waals surface area contributed by atoms with Crippen LogP contribution in [0.5, 0.6) is 0 Å². The minimum absolute atomic E-state index is 0.0748. The molecule has 41 heavy (non-hydrogen) atoms. The summed E-state index contributed by atoms with van der Waals surface area (Å²) in [6.07, 6.45) is 4.56. The molecule has 4 rings (SSSR count). The maximum atomic E-state index is 13.3. The maximum absolute atomic E-state index is 13.3. The van der Waals surface area contributed by atoms with Gasteiger partial charge < -0.3 is 25.1 Å². The van der Waals surface area contributed by atoms with Crippen LogP contribution >= 0.6 is 0 Å². The standard InChI is InChI=1S/C30H43N5O6/c1-30(2,3)41-29(40)32-21-9-7-20(8-10-21)19-33-13-15-34(16-14-33)22-11-12-23-24(18-22)28(39)35(27(23)38)25(6-5-17-36)26(37)31-4/h11-12,17-18,20-21,25H,5-10,13-16,19H2,1-4H3,(H,31,37)(H,32,40). The van der Waals surface area contributed by atoms with Gasteiger partial charge in [0.25, 0.3) is 11.8 Å².